The Hall–Kier alpha value is -1.06. The third kappa shape index (κ3) is 11.1. The van der Waals surface area contributed by atoms with Gasteiger partial charge in [0.15, 0.2) is 5.96 Å². The fourth-order valence-electron chi connectivity index (χ4n) is 3.22. The number of hydrogen-bond donors (Lipinski definition) is 2. The summed E-state index contributed by atoms with van der Waals surface area (Å²) in [4.78, 5) is 7.21. The van der Waals surface area contributed by atoms with Gasteiger partial charge >= 0.3 is 0 Å². The van der Waals surface area contributed by atoms with Crippen molar-refractivity contribution in [3.8, 4) is 5.75 Å². The van der Waals surface area contributed by atoms with Crippen molar-refractivity contribution < 1.29 is 9.47 Å². The Morgan fingerprint density at radius 2 is 1.86 bits per heavy atom. The van der Waals surface area contributed by atoms with Crippen molar-refractivity contribution >= 4 is 29.9 Å². The van der Waals surface area contributed by atoms with Gasteiger partial charge in [-0.15, -0.1) is 24.0 Å². The standard InChI is InChI=1S/C22H38N4O2.HI/c1-5-23-22(24-17-19(4)28-21-9-7-6-8-10-21)25-20-11-13-26(14-12-20)15-16-27-18(2)3;/h6-10,18-20H,5,11-17H2,1-4H3,(H2,23,24,25);1H. The van der Waals surface area contributed by atoms with E-state index in [-0.39, 0.29) is 30.1 Å². The maximum atomic E-state index is 5.92. The van der Waals surface area contributed by atoms with E-state index >= 15 is 0 Å². The number of ether oxygens (including phenoxy) is 2. The molecule has 29 heavy (non-hydrogen) atoms. The van der Waals surface area contributed by atoms with Crippen LogP contribution in [0.5, 0.6) is 5.75 Å². The highest BCUT2D eigenvalue weighted by Crippen LogP contribution is 2.12. The van der Waals surface area contributed by atoms with E-state index in [0.717, 1.165) is 57.3 Å². The molecule has 0 amide bonds. The highest BCUT2D eigenvalue weighted by molar-refractivity contribution is 14.0. The second-order valence-corrected chi connectivity index (χ2v) is 7.64. The van der Waals surface area contributed by atoms with Gasteiger partial charge in [-0.05, 0) is 52.7 Å². The van der Waals surface area contributed by atoms with Crippen molar-refractivity contribution in [2.24, 2.45) is 4.99 Å². The van der Waals surface area contributed by atoms with Gasteiger partial charge in [0.1, 0.15) is 11.9 Å². The monoisotopic (exact) mass is 518 g/mol. The third-order valence-corrected chi connectivity index (χ3v) is 4.72. The Balaban J connectivity index is 0.00000420. The lowest BCUT2D eigenvalue weighted by Crippen LogP contribution is -2.49. The lowest BCUT2D eigenvalue weighted by Gasteiger charge is -2.33. The van der Waals surface area contributed by atoms with E-state index in [4.69, 9.17) is 14.5 Å². The number of hydrogen-bond acceptors (Lipinski definition) is 4. The molecular weight excluding hydrogens is 479 g/mol. The molecule has 0 radical (unpaired) electrons. The van der Waals surface area contributed by atoms with Crippen LogP contribution >= 0.6 is 24.0 Å². The average Bonchev–Trinajstić information content (AvgIpc) is 2.68. The van der Waals surface area contributed by atoms with E-state index in [0.29, 0.717) is 18.7 Å². The summed E-state index contributed by atoms with van der Waals surface area (Å²) in [6.07, 6.45) is 2.59. The van der Waals surface area contributed by atoms with Crippen LogP contribution in [0, 0.1) is 0 Å². The van der Waals surface area contributed by atoms with Crippen LogP contribution in [-0.4, -0.2) is 68.4 Å². The molecule has 166 valence electrons. The number of likely N-dealkylation sites (tertiary alicyclic amines) is 1. The van der Waals surface area contributed by atoms with E-state index in [2.05, 4.69) is 43.2 Å². The molecule has 2 rings (SSSR count). The quantitative estimate of drug-likeness (QED) is 0.282. The number of para-hydroxylation sites is 1. The molecule has 1 aliphatic rings. The first kappa shape index (κ1) is 26.0. The molecule has 6 nitrogen and oxygen atoms in total. The van der Waals surface area contributed by atoms with Crippen LogP contribution in [-0.2, 0) is 4.74 Å². The average molecular weight is 518 g/mol. The van der Waals surface area contributed by atoms with Crippen LogP contribution in [0.4, 0.5) is 0 Å². The Kier molecular flexibility index (Phi) is 13.3. The topological polar surface area (TPSA) is 58.1 Å². The van der Waals surface area contributed by atoms with E-state index in [1.54, 1.807) is 0 Å². The Morgan fingerprint density at radius 3 is 2.48 bits per heavy atom. The highest BCUT2D eigenvalue weighted by atomic mass is 127. The summed E-state index contributed by atoms with van der Waals surface area (Å²) in [6.45, 7) is 13.8. The maximum Gasteiger partial charge on any atom is 0.191 e. The normalized spacial score (nSPS) is 16.9. The van der Waals surface area contributed by atoms with Crippen molar-refractivity contribution in [3.63, 3.8) is 0 Å². The van der Waals surface area contributed by atoms with Crippen LogP contribution in [0.15, 0.2) is 35.3 Å². The molecule has 1 saturated heterocycles. The van der Waals surface area contributed by atoms with Crippen LogP contribution in [0.2, 0.25) is 0 Å². The summed E-state index contributed by atoms with van der Waals surface area (Å²) in [6, 6.07) is 10.4. The molecule has 1 unspecified atom stereocenters. The summed E-state index contributed by atoms with van der Waals surface area (Å²) < 4.78 is 11.6. The van der Waals surface area contributed by atoms with Crippen molar-refractivity contribution in [1.29, 1.82) is 0 Å². The van der Waals surface area contributed by atoms with Gasteiger partial charge in [-0.1, -0.05) is 18.2 Å². The van der Waals surface area contributed by atoms with E-state index < -0.39 is 0 Å². The van der Waals surface area contributed by atoms with Crippen molar-refractivity contribution in [3.05, 3.63) is 30.3 Å². The zero-order chi connectivity index (χ0) is 20.2. The zero-order valence-corrected chi connectivity index (χ0v) is 20.7. The molecule has 0 aromatic heterocycles. The summed E-state index contributed by atoms with van der Waals surface area (Å²) in [7, 11) is 0. The summed E-state index contributed by atoms with van der Waals surface area (Å²) >= 11 is 0. The first-order valence-corrected chi connectivity index (χ1v) is 10.7. The van der Waals surface area contributed by atoms with Gasteiger partial charge in [0.2, 0.25) is 0 Å². The Bertz CT molecular complexity index is 563. The van der Waals surface area contributed by atoms with Gasteiger partial charge in [-0.2, -0.15) is 0 Å². The third-order valence-electron chi connectivity index (χ3n) is 4.72. The molecule has 7 heteroatoms. The number of aliphatic imine (C=N–C) groups is 1. The smallest absolute Gasteiger partial charge is 0.191 e. The minimum absolute atomic E-state index is 0. The first-order valence-electron chi connectivity index (χ1n) is 10.7. The predicted octanol–water partition coefficient (Wildman–Crippen LogP) is 3.52. The van der Waals surface area contributed by atoms with E-state index in [1.807, 2.05) is 30.3 Å². The molecule has 1 aromatic rings. The second-order valence-electron chi connectivity index (χ2n) is 7.64. The van der Waals surface area contributed by atoms with Crippen LogP contribution in [0.1, 0.15) is 40.5 Å². The summed E-state index contributed by atoms with van der Waals surface area (Å²) in [5, 5.41) is 6.95. The highest BCUT2D eigenvalue weighted by Gasteiger charge is 2.20. The molecule has 0 bridgehead atoms. The van der Waals surface area contributed by atoms with Crippen molar-refractivity contribution in [1.82, 2.24) is 15.5 Å². The van der Waals surface area contributed by atoms with Crippen LogP contribution in [0.3, 0.4) is 0 Å². The zero-order valence-electron chi connectivity index (χ0n) is 18.4. The minimum Gasteiger partial charge on any atom is -0.489 e. The number of benzene rings is 1. The van der Waals surface area contributed by atoms with Gasteiger partial charge < -0.3 is 25.0 Å². The van der Waals surface area contributed by atoms with Gasteiger partial charge in [-0.3, -0.25) is 0 Å². The lowest BCUT2D eigenvalue weighted by atomic mass is 10.1. The summed E-state index contributed by atoms with van der Waals surface area (Å²) in [5.41, 5.74) is 0. The SMILES string of the molecule is CCNC(=NCC(C)Oc1ccccc1)NC1CCN(CCOC(C)C)CC1.I. The van der Waals surface area contributed by atoms with Crippen LogP contribution in [0.25, 0.3) is 0 Å². The Labute approximate surface area is 193 Å². The molecule has 0 aliphatic carbocycles. The number of nitrogens with one attached hydrogen (secondary N) is 2. The fourth-order valence-corrected chi connectivity index (χ4v) is 3.22. The summed E-state index contributed by atoms with van der Waals surface area (Å²) in [5.74, 6) is 1.77. The molecule has 1 fully saturated rings. The van der Waals surface area contributed by atoms with E-state index in [1.165, 1.54) is 0 Å². The van der Waals surface area contributed by atoms with Crippen molar-refractivity contribution in [2.45, 2.75) is 58.8 Å². The Morgan fingerprint density at radius 1 is 1.17 bits per heavy atom. The molecular formula is C22H39IN4O2. The van der Waals surface area contributed by atoms with Gasteiger partial charge in [0, 0.05) is 32.2 Å². The van der Waals surface area contributed by atoms with Gasteiger partial charge in [-0.25, -0.2) is 4.99 Å². The number of piperidine rings is 1. The number of halogens is 1. The first-order chi connectivity index (χ1) is 13.6. The fraction of sp³-hybridized carbons (Fsp3) is 0.682. The molecule has 1 atom stereocenters. The molecule has 2 N–H and O–H groups in total. The molecule has 1 heterocycles. The van der Waals surface area contributed by atoms with Gasteiger partial charge in [0.25, 0.3) is 0 Å². The largest absolute Gasteiger partial charge is 0.489 e. The second kappa shape index (κ2) is 14.8. The van der Waals surface area contributed by atoms with Gasteiger partial charge in [0.05, 0.1) is 19.3 Å². The minimum atomic E-state index is 0. The number of guanidine groups is 1. The number of rotatable bonds is 10. The predicted molar refractivity (Wildman–Crippen MR) is 132 cm³/mol. The van der Waals surface area contributed by atoms with Crippen molar-refractivity contribution in [2.75, 3.05) is 39.3 Å². The molecule has 1 aliphatic heterocycles. The number of nitrogens with zero attached hydrogens (tertiary/aromatic N) is 2. The maximum absolute atomic E-state index is 5.92. The molecule has 1 aromatic carbocycles. The van der Waals surface area contributed by atoms with E-state index in [9.17, 15) is 0 Å². The molecule has 0 saturated carbocycles. The lowest BCUT2D eigenvalue weighted by molar-refractivity contribution is 0.0532. The molecule has 0 spiro atoms. The van der Waals surface area contributed by atoms with Crippen LogP contribution < -0.4 is 15.4 Å².